The Morgan fingerprint density at radius 3 is 2.52 bits per heavy atom. The van der Waals surface area contributed by atoms with E-state index < -0.39 is 11.2 Å². The number of likely N-dealkylation sites (tertiary alicyclic amines) is 1. The molecule has 3 rings (SSSR count). The Kier molecular flexibility index (Phi) is 7.08. The molecule has 2 amide bonds. The summed E-state index contributed by atoms with van der Waals surface area (Å²) in [5.41, 5.74) is 0.577. The second-order valence-electron chi connectivity index (χ2n) is 9.23. The van der Waals surface area contributed by atoms with Gasteiger partial charge in [-0.2, -0.15) is 0 Å². The molecule has 1 saturated heterocycles. The first kappa shape index (κ1) is 22.9. The Bertz CT molecular complexity index is 805. The molecule has 8 heteroatoms. The van der Waals surface area contributed by atoms with E-state index in [1.165, 1.54) is 5.56 Å². The molecule has 0 aliphatic carbocycles. The molecule has 1 aromatic carbocycles. The van der Waals surface area contributed by atoms with Crippen molar-refractivity contribution in [2.24, 2.45) is 5.16 Å². The number of amides is 2. The van der Waals surface area contributed by atoms with Crippen molar-refractivity contribution in [2.75, 3.05) is 26.2 Å². The van der Waals surface area contributed by atoms with Crippen molar-refractivity contribution < 1.29 is 23.9 Å². The van der Waals surface area contributed by atoms with Crippen LogP contribution in [0.2, 0.25) is 0 Å². The summed E-state index contributed by atoms with van der Waals surface area (Å²) in [6.45, 7) is 9.66. The lowest BCUT2D eigenvalue weighted by Crippen LogP contribution is -2.48. The lowest BCUT2D eigenvalue weighted by molar-refractivity contribution is -0.114. The summed E-state index contributed by atoms with van der Waals surface area (Å²) in [5.74, 6) is 0.618. The highest BCUT2D eigenvalue weighted by Crippen LogP contribution is 2.35. The van der Waals surface area contributed by atoms with Gasteiger partial charge < -0.3 is 24.5 Å². The van der Waals surface area contributed by atoms with E-state index in [0.29, 0.717) is 57.6 Å². The maximum atomic E-state index is 12.4. The van der Waals surface area contributed by atoms with E-state index in [1.807, 2.05) is 52.0 Å². The standard InChI is InChI=1S/C23H33N3O5/c1-17-6-8-18(9-7-17)29-15-5-12-24-20(27)19-16-23(31-25-19)10-13-26(14-11-23)21(28)30-22(2,3)4/h6-9H,5,10-16H2,1-4H3,(H,24,27). The van der Waals surface area contributed by atoms with Gasteiger partial charge in [-0.3, -0.25) is 4.79 Å². The number of aryl methyl sites for hydroxylation is 1. The van der Waals surface area contributed by atoms with Gasteiger partial charge in [0.25, 0.3) is 5.91 Å². The van der Waals surface area contributed by atoms with Gasteiger partial charge in [-0.25, -0.2) is 4.79 Å². The Morgan fingerprint density at radius 2 is 1.87 bits per heavy atom. The van der Waals surface area contributed by atoms with Crippen molar-refractivity contribution in [3.8, 4) is 5.75 Å². The molecule has 2 aliphatic rings. The number of rotatable bonds is 6. The van der Waals surface area contributed by atoms with E-state index >= 15 is 0 Å². The molecule has 1 aromatic rings. The first-order chi connectivity index (χ1) is 14.7. The first-order valence-corrected chi connectivity index (χ1v) is 10.9. The third-order valence-electron chi connectivity index (χ3n) is 5.32. The number of oxime groups is 1. The monoisotopic (exact) mass is 431 g/mol. The number of nitrogens with one attached hydrogen (secondary N) is 1. The SMILES string of the molecule is Cc1ccc(OCCCNC(=O)C2=NOC3(CCN(C(=O)OC(C)(C)C)CC3)C2)cc1. The molecule has 2 aliphatic heterocycles. The highest BCUT2D eigenvalue weighted by Gasteiger charge is 2.44. The highest BCUT2D eigenvalue weighted by molar-refractivity contribution is 6.39. The van der Waals surface area contributed by atoms with Crippen molar-refractivity contribution in [3.05, 3.63) is 29.8 Å². The average Bonchev–Trinajstić information content (AvgIpc) is 3.12. The molecule has 0 aromatic heterocycles. The zero-order valence-corrected chi connectivity index (χ0v) is 18.9. The highest BCUT2D eigenvalue weighted by atomic mass is 16.7. The summed E-state index contributed by atoms with van der Waals surface area (Å²) in [4.78, 5) is 32.0. The molecule has 1 N–H and O–H groups in total. The van der Waals surface area contributed by atoms with E-state index in [9.17, 15) is 9.59 Å². The van der Waals surface area contributed by atoms with E-state index in [-0.39, 0.29) is 12.0 Å². The van der Waals surface area contributed by atoms with Gasteiger partial charge in [0.05, 0.1) is 6.61 Å². The molecule has 1 fully saturated rings. The third kappa shape index (κ3) is 6.60. The molecule has 1 spiro atoms. The fraction of sp³-hybridized carbons (Fsp3) is 0.609. The smallest absolute Gasteiger partial charge is 0.410 e. The number of piperidine rings is 1. The quantitative estimate of drug-likeness (QED) is 0.697. The van der Waals surface area contributed by atoms with Crippen molar-refractivity contribution in [3.63, 3.8) is 0 Å². The minimum atomic E-state index is -0.518. The van der Waals surface area contributed by atoms with Crippen molar-refractivity contribution >= 4 is 17.7 Å². The molecule has 0 saturated carbocycles. The van der Waals surface area contributed by atoms with Gasteiger partial charge in [0, 0.05) is 38.9 Å². The molecular formula is C23H33N3O5. The first-order valence-electron chi connectivity index (χ1n) is 10.9. The molecule has 170 valence electrons. The summed E-state index contributed by atoms with van der Waals surface area (Å²) >= 11 is 0. The fourth-order valence-electron chi connectivity index (χ4n) is 3.54. The predicted molar refractivity (Wildman–Crippen MR) is 117 cm³/mol. The summed E-state index contributed by atoms with van der Waals surface area (Å²) < 4.78 is 11.1. The maximum absolute atomic E-state index is 12.4. The van der Waals surface area contributed by atoms with Crippen molar-refractivity contribution in [1.29, 1.82) is 0 Å². The largest absolute Gasteiger partial charge is 0.494 e. The third-order valence-corrected chi connectivity index (χ3v) is 5.32. The Balaban J connectivity index is 1.35. The summed E-state index contributed by atoms with van der Waals surface area (Å²) in [5, 5.41) is 6.92. The molecule has 31 heavy (non-hydrogen) atoms. The molecule has 0 atom stereocenters. The minimum Gasteiger partial charge on any atom is -0.494 e. The molecule has 8 nitrogen and oxygen atoms in total. The van der Waals surface area contributed by atoms with Gasteiger partial charge in [0.2, 0.25) is 0 Å². The van der Waals surface area contributed by atoms with Crippen LogP contribution in [0.15, 0.2) is 29.4 Å². The van der Waals surface area contributed by atoms with Crippen LogP contribution in [0.1, 0.15) is 52.0 Å². The number of hydrogen-bond acceptors (Lipinski definition) is 6. The molecule has 0 radical (unpaired) electrons. The maximum Gasteiger partial charge on any atom is 0.410 e. The second kappa shape index (κ2) is 9.58. The van der Waals surface area contributed by atoms with Gasteiger partial charge in [-0.1, -0.05) is 22.9 Å². The lowest BCUT2D eigenvalue weighted by Gasteiger charge is -2.37. The van der Waals surface area contributed by atoms with Crippen LogP contribution < -0.4 is 10.1 Å². The van der Waals surface area contributed by atoms with Crippen molar-refractivity contribution in [1.82, 2.24) is 10.2 Å². The van der Waals surface area contributed by atoms with E-state index in [0.717, 1.165) is 5.75 Å². The van der Waals surface area contributed by atoms with Gasteiger partial charge in [0.15, 0.2) is 0 Å². The predicted octanol–water partition coefficient (Wildman–Crippen LogP) is 3.43. The number of carbonyl (C=O) groups excluding carboxylic acids is 2. The fourth-order valence-corrected chi connectivity index (χ4v) is 3.54. The number of hydrogen-bond donors (Lipinski definition) is 1. The molecule has 0 unspecified atom stereocenters. The van der Waals surface area contributed by atoms with Crippen LogP contribution in [0.5, 0.6) is 5.75 Å². The van der Waals surface area contributed by atoms with Gasteiger partial charge in [0.1, 0.15) is 22.7 Å². The lowest BCUT2D eigenvalue weighted by atomic mass is 9.87. The van der Waals surface area contributed by atoms with Gasteiger partial charge in [-0.05, 0) is 46.2 Å². The van der Waals surface area contributed by atoms with Crippen LogP contribution in [-0.4, -0.2) is 60.1 Å². The minimum absolute atomic E-state index is 0.207. The second-order valence-corrected chi connectivity index (χ2v) is 9.23. The van der Waals surface area contributed by atoms with Crippen LogP contribution in [0.3, 0.4) is 0 Å². The normalized spacial score (nSPS) is 17.7. The van der Waals surface area contributed by atoms with Crippen LogP contribution in [0, 0.1) is 6.92 Å². The number of ether oxygens (including phenoxy) is 2. The summed E-state index contributed by atoms with van der Waals surface area (Å²) in [6.07, 6.45) is 2.09. The molecule has 2 heterocycles. The van der Waals surface area contributed by atoms with Crippen molar-refractivity contribution in [2.45, 2.75) is 64.6 Å². The van der Waals surface area contributed by atoms with Crippen LogP contribution in [0.4, 0.5) is 4.79 Å². The van der Waals surface area contributed by atoms with Gasteiger partial charge >= 0.3 is 6.09 Å². The average molecular weight is 432 g/mol. The number of carbonyl (C=O) groups is 2. The summed E-state index contributed by atoms with van der Waals surface area (Å²) in [6, 6.07) is 7.88. The molecule has 0 bridgehead atoms. The Hall–Kier alpha value is -2.77. The van der Waals surface area contributed by atoms with E-state index in [2.05, 4.69) is 10.5 Å². The zero-order valence-electron chi connectivity index (χ0n) is 18.9. The van der Waals surface area contributed by atoms with Crippen LogP contribution in [0.25, 0.3) is 0 Å². The number of nitrogens with zero attached hydrogens (tertiary/aromatic N) is 2. The topological polar surface area (TPSA) is 89.5 Å². The van der Waals surface area contributed by atoms with E-state index in [4.69, 9.17) is 14.3 Å². The summed E-state index contributed by atoms with van der Waals surface area (Å²) in [7, 11) is 0. The van der Waals surface area contributed by atoms with Gasteiger partial charge in [-0.15, -0.1) is 0 Å². The van der Waals surface area contributed by atoms with Crippen LogP contribution in [-0.2, 0) is 14.4 Å². The van der Waals surface area contributed by atoms with E-state index in [1.54, 1.807) is 4.90 Å². The van der Waals surface area contributed by atoms with Crippen LogP contribution >= 0.6 is 0 Å². The molecular weight excluding hydrogens is 398 g/mol. The Labute approximate surface area is 183 Å². The Morgan fingerprint density at radius 1 is 1.19 bits per heavy atom. The number of benzene rings is 1. The zero-order chi connectivity index (χ0) is 22.5.